The first-order valence-corrected chi connectivity index (χ1v) is 6.56. The maximum atomic E-state index is 4.81. The lowest BCUT2D eigenvalue weighted by molar-refractivity contribution is 0.454. The van der Waals surface area contributed by atoms with Gasteiger partial charge < -0.3 is 5.32 Å². The van der Waals surface area contributed by atoms with Crippen molar-refractivity contribution < 1.29 is 0 Å². The molecule has 1 saturated heterocycles. The number of fused-ring (bicyclic) bond motifs is 1. The lowest BCUT2D eigenvalue weighted by atomic mass is 9.93. The first-order valence-electron chi connectivity index (χ1n) is 6.56. The molecule has 0 bridgehead atoms. The van der Waals surface area contributed by atoms with E-state index in [4.69, 9.17) is 4.98 Å². The number of hydrogen-bond donors (Lipinski definition) is 1. The lowest BCUT2D eigenvalue weighted by Crippen LogP contribution is -2.27. The van der Waals surface area contributed by atoms with Gasteiger partial charge in [0.25, 0.3) is 0 Å². The highest BCUT2D eigenvalue weighted by Gasteiger charge is 2.19. The SMILES string of the molecule is C/C=C/c1cn2nccc2c(C2CCNCC2)n1. The average Bonchev–Trinajstić information content (AvgIpc) is 2.87. The van der Waals surface area contributed by atoms with E-state index < -0.39 is 0 Å². The summed E-state index contributed by atoms with van der Waals surface area (Å²) < 4.78 is 1.94. The Morgan fingerprint density at radius 2 is 2.22 bits per heavy atom. The van der Waals surface area contributed by atoms with Crippen molar-refractivity contribution in [1.82, 2.24) is 19.9 Å². The number of allylic oxidation sites excluding steroid dienone is 1. The van der Waals surface area contributed by atoms with Gasteiger partial charge in [0.05, 0.1) is 29.3 Å². The third-order valence-corrected chi connectivity index (χ3v) is 3.50. The smallest absolute Gasteiger partial charge is 0.0880 e. The van der Waals surface area contributed by atoms with Crippen molar-refractivity contribution in [1.29, 1.82) is 0 Å². The summed E-state index contributed by atoms with van der Waals surface area (Å²) in [5.41, 5.74) is 3.34. The molecule has 4 heteroatoms. The summed E-state index contributed by atoms with van der Waals surface area (Å²) in [6.45, 7) is 4.18. The first-order chi connectivity index (χ1) is 8.88. The van der Waals surface area contributed by atoms with Crippen molar-refractivity contribution in [3.05, 3.63) is 35.9 Å². The molecule has 0 radical (unpaired) electrons. The van der Waals surface area contributed by atoms with E-state index in [-0.39, 0.29) is 0 Å². The maximum Gasteiger partial charge on any atom is 0.0880 e. The molecule has 2 aromatic heterocycles. The van der Waals surface area contributed by atoms with Gasteiger partial charge >= 0.3 is 0 Å². The lowest BCUT2D eigenvalue weighted by Gasteiger charge is -2.22. The highest BCUT2D eigenvalue weighted by molar-refractivity contribution is 5.56. The van der Waals surface area contributed by atoms with E-state index >= 15 is 0 Å². The highest BCUT2D eigenvalue weighted by atomic mass is 15.2. The van der Waals surface area contributed by atoms with Crippen LogP contribution >= 0.6 is 0 Å². The van der Waals surface area contributed by atoms with Crippen LogP contribution in [0.5, 0.6) is 0 Å². The average molecular weight is 242 g/mol. The van der Waals surface area contributed by atoms with E-state index in [1.165, 1.54) is 5.69 Å². The van der Waals surface area contributed by atoms with Gasteiger partial charge in [-0.25, -0.2) is 9.50 Å². The van der Waals surface area contributed by atoms with Gasteiger partial charge in [-0.3, -0.25) is 0 Å². The standard InChI is InChI=1S/C14H18N4/c1-2-3-12-10-18-13(6-9-16-18)14(17-12)11-4-7-15-8-5-11/h2-3,6,9-11,15H,4-5,7-8H2,1H3/b3-2+. The molecule has 18 heavy (non-hydrogen) atoms. The summed E-state index contributed by atoms with van der Waals surface area (Å²) >= 11 is 0. The molecule has 3 rings (SSSR count). The van der Waals surface area contributed by atoms with Crippen LogP contribution in [-0.4, -0.2) is 27.7 Å². The Balaban J connectivity index is 2.09. The molecule has 94 valence electrons. The summed E-state index contributed by atoms with van der Waals surface area (Å²) in [4.78, 5) is 4.81. The summed E-state index contributed by atoms with van der Waals surface area (Å²) in [5, 5.41) is 7.75. The van der Waals surface area contributed by atoms with Crippen molar-refractivity contribution in [2.24, 2.45) is 0 Å². The Bertz CT molecular complexity index is 564. The normalized spacial score (nSPS) is 17.8. The van der Waals surface area contributed by atoms with Crippen LogP contribution in [0.1, 0.15) is 37.1 Å². The highest BCUT2D eigenvalue weighted by Crippen LogP contribution is 2.27. The summed E-state index contributed by atoms with van der Waals surface area (Å²) in [7, 11) is 0. The Hall–Kier alpha value is -1.68. The van der Waals surface area contributed by atoms with Crippen LogP contribution in [-0.2, 0) is 0 Å². The monoisotopic (exact) mass is 242 g/mol. The van der Waals surface area contributed by atoms with Crippen LogP contribution in [0.15, 0.2) is 24.5 Å². The summed E-state index contributed by atoms with van der Waals surface area (Å²) in [6.07, 6.45) is 10.2. The van der Waals surface area contributed by atoms with Crippen molar-refractivity contribution >= 4 is 11.6 Å². The van der Waals surface area contributed by atoms with Crippen molar-refractivity contribution in [3.8, 4) is 0 Å². The van der Waals surface area contributed by atoms with Gasteiger partial charge in [-0.15, -0.1) is 0 Å². The van der Waals surface area contributed by atoms with Crippen molar-refractivity contribution in [2.45, 2.75) is 25.7 Å². The van der Waals surface area contributed by atoms with E-state index in [0.717, 1.165) is 37.1 Å². The molecule has 1 aliphatic rings. The molecule has 0 aliphatic carbocycles. The molecular weight excluding hydrogens is 224 g/mol. The third kappa shape index (κ3) is 2.04. The molecule has 1 fully saturated rings. The van der Waals surface area contributed by atoms with Crippen LogP contribution in [0.25, 0.3) is 11.6 Å². The number of hydrogen-bond acceptors (Lipinski definition) is 3. The fraction of sp³-hybridized carbons (Fsp3) is 0.429. The van der Waals surface area contributed by atoms with E-state index in [1.807, 2.05) is 36.0 Å². The third-order valence-electron chi connectivity index (χ3n) is 3.50. The minimum Gasteiger partial charge on any atom is -0.317 e. The van der Waals surface area contributed by atoms with Gasteiger partial charge in [-0.05, 0) is 45.0 Å². The summed E-state index contributed by atoms with van der Waals surface area (Å²) in [6, 6.07) is 2.06. The van der Waals surface area contributed by atoms with E-state index in [9.17, 15) is 0 Å². The molecule has 0 saturated carbocycles. The van der Waals surface area contributed by atoms with Gasteiger partial charge in [0.15, 0.2) is 0 Å². The van der Waals surface area contributed by atoms with E-state index in [1.54, 1.807) is 0 Å². The van der Waals surface area contributed by atoms with Crippen LogP contribution in [0, 0.1) is 0 Å². The largest absolute Gasteiger partial charge is 0.317 e. The molecule has 1 aliphatic heterocycles. The molecule has 0 spiro atoms. The minimum atomic E-state index is 0.552. The Morgan fingerprint density at radius 1 is 1.39 bits per heavy atom. The molecule has 0 unspecified atom stereocenters. The van der Waals surface area contributed by atoms with Crippen LogP contribution in [0.3, 0.4) is 0 Å². The molecular formula is C14H18N4. The molecule has 2 aromatic rings. The van der Waals surface area contributed by atoms with Gasteiger partial charge in [-0.2, -0.15) is 5.10 Å². The number of nitrogens with zero attached hydrogens (tertiary/aromatic N) is 3. The zero-order valence-electron chi connectivity index (χ0n) is 10.6. The first kappa shape index (κ1) is 11.4. The molecule has 3 heterocycles. The van der Waals surface area contributed by atoms with Crippen LogP contribution in [0.4, 0.5) is 0 Å². The van der Waals surface area contributed by atoms with Crippen molar-refractivity contribution in [2.75, 3.05) is 13.1 Å². The zero-order chi connectivity index (χ0) is 12.4. The molecule has 0 amide bonds. The maximum absolute atomic E-state index is 4.81. The van der Waals surface area contributed by atoms with Gasteiger partial charge in [-0.1, -0.05) is 6.08 Å². The second-order valence-corrected chi connectivity index (χ2v) is 4.74. The number of nitrogens with one attached hydrogen (secondary N) is 1. The number of rotatable bonds is 2. The van der Waals surface area contributed by atoms with Gasteiger partial charge in [0.1, 0.15) is 0 Å². The summed E-state index contributed by atoms with van der Waals surface area (Å²) in [5.74, 6) is 0.552. The minimum absolute atomic E-state index is 0.552. The topological polar surface area (TPSA) is 42.2 Å². The fourth-order valence-electron chi connectivity index (χ4n) is 2.62. The Morgan fingerprint density at radius 3 is 3.00 bits per heavy atom. The van der Waals surface area contributed by atoms with Gasteiger partial charge in [0, 0.05) is 5.92 Å². The van der Waals surface area contributed by atoms with Crippen molar-refractivity contribution in [3.63, 3.8) is 0 Å². The zero-order valence-corrected chi connectivity index (χ0v) is 10.6. The van der Waals surface area contributed by atoms with Gasteiger partial charge in [0.2, 0.25) is 0 Å². The molecule has 0 aromatic carbocycles. The van der Waals surface area contributed by atoms with Crippen LogP contribution < -0.4 is 5.32 Å². The molecule has 0 atom stereocenters. The van der Waals surface area contributed by atoms with Crippen LogP contribution in [0.2, 0.25) is 0 Å². The Kier molecular flexibility index (Phi) is 3.11. The number of piperidine rings is 1. The predicted octanol–water partition coefficient (Wildman–Crippen LogP) is 2.23. The second kappa shape index (κ2) is 4.90. The fourth-order valence-corrected chi connectivity index (χ4v) is 2.62. The second-order valence-electron chi connectivity index (χ2n) is 4.74. The molecule has 1 N–H and O–H groups in total. The Labute approximate surface area is 107 Å². The van der Waals surface area contributed by atoms with E-state index in [0.29, 0.717) is 5.92 Å². The predicted molar refractivity (Wildman–Crippen MR) is 72.5 cm³/mol. The quantitative estimate of drug-likeness (QED) is 0.878. The van der Waals surface area contributed by atoms with E-state index in [2.05, 4.69) is 16.5 Å². The number of aromatic nitrogens is 3. The molecule has 4 nitrogen and oxygen atoms in total.